The predicted octanol–water partition coefficient (Wildman–Crippen LogP) is 1.73. The van der Waals surface area contributed by atoms with Crippen molar-refractivity contribution < 1.29 is 9.59 Å². The Hall–Kier alpha value is -1.26. The van der Waals surface area contributed by atoms with Crippen molar-refractivity contribution in [1.82, 2.24) is 15.5 Å². The number of hydrogen-bond acceptors (Lipinski definition) is 2. The molecule has 2 N–H and O–H groups in total. The quantitative estimate of drug-likeness (QED) is 0.798. The lowest BCUT2D eigenvalue weighted by molar-refractivity contribution is -0.136. The van der Waals surface area contributed by atoms with E-state index in [9.17, 15) is 9.59 Å². The summed E-state index contributed by atoms with van der Waals surface area (Å²) in [5.41, 5.74) is 0. The van der Waals surface area contributed by atoms with Gasteiger partial charge in [0.1, 0.15) is 0 Å². The highest BCUT2D eigenvalue weighted by atomic mass is 16.2. The molecule has 0 aromatic carbocycles. The minimum atomic E-state index is -0.104. The Morgan fingerprint density at radius 3 is 2.21 bits per heavy atom. The number of piperidine rings is 1. The highest BCUT2D eigenvalue weighted by molar-refractivity contribution is 5.79. The number of carbonyl (C=O) groups excluding carboxylic acids is 2. The molecule has 5 nitrogen and oxygen atoms in total. The molecule has 0 saturated carbocycles. The van der Waals surface area contributed by atoms with E-state index in [4.69, 9.17) is 0 Å². The van der Waals surface area contributed by atoms with Gasteiger partial charge in [0.15, 0.2) is 0 Å². The number of hydrogen-bond donors (Lipinski definition) is 2. The monoisotopic (exact) mass is 269 g/mol. The normalized spacial score (nSPS) is 16.5. The van der Waals surface area contributed by atoms with Crippen LogP contribution < -0.4 is 10.6 Å². The van der Waals surface area contributed by atoms with Crippen LogP contribution in [0.5, 0.6) is 0 Å². The molecule has 3 amide bonds. The van der Waals surface area contributed by atoms with Gasteiger partial charge in [-0.2, -0.15) is 0 Å². The number of likely N-dealkylation sites (tertiary alicyclic amines) is 1. The van der Waals surface area contributed by atoms with Crippen LogP contribution in [0.2, 0.25) is 0 Å². The van der Waals surface area contributed by atoms with Crippen molar-refractivity contribution in [2.45, 2.75) is 52.5 Å². The molecule has 0 spiro atoms. The van der Waals surface area contributed by atoms with Gasteiger partial charge in [0.25, 0.3) is 0 Å². The molecule has 0 unspecified atom stereocenters. The number of amides is 3. The van der Waals surface area contributed by atoms with Crippen LogP contribution in [0.3, 0.4) is 0 Å². The summed E-state index contributed by atoms with van der Waals surface area (Å²) in [6.07, 6.45) is 3.52. The third-order valence-corrected chi connectivity index (χ3v) is 3.81. The van der Waals surface area contributed by atoms with E-state index in [1.165, 1.54) is 0 Å². The molecule has 1 aliphatic rings. The smallest absolute Gasteiger partial charge is 0.314 e. The average Bonchev–Trinajstić information content (AvgIpc) is 2.41. The molecular formula is C14H27N3O2. The first-order valence-electron chi connectivity index (χ1n) is 7.45. The first-order valence-corrected chi connectivity index (χ1v) is 7.45. The van der Waals surface area contributed by atoms with Gasteiger partial charge in [-0.15, -0.1) is 0 Å². The van der Waals surface area contributed by atoms with E-state index in [0.717, 1.165) is 38.8 Å². The molecule has 1 heterocycles. The maximum Gasteiger partial charge on any atom is 0.314 e. The maximum absolute atomic E-state index is 12.2. The van der Waals surface area contributed by atoms with Gasteiger partial charge in [0.2, 0.25) is 5.91 Å². The van der Waals surface area contributed by atoms with Crippen molar-refractivity contribution in [2.24, 2.45) is 5.92 Å². The minimum Gasteiger partial charge on any atom is -0.342 e. The third kappa shape index (κ3) is 4.73. The molecule has 110 valence electrons. The average molecular weight is 269 g/mol. The zero-order valence-corrected chi connectivity index (χ0v) is 12.4. The molecule has 5 heteroatoms. The summed E-state index contributed by atoms with van der Waals surface area (Å²) in [5, 5.41) is 5.68. The Kier molecular flexibility index (Phi) is 6.67. The van der Waals surface area contributed by atoms with Crippen LogP contribution in [-0.4, -0.2) is 42.5 Å². The highest BCUT2D eigenvalue weighted by Gasteiger charge is 2.26. The van der Waals surface area contributed by atoms with Crippen LogP contribution in [0.15, 0.2) is 0 Å². The first kappa shape index (κ1) is 15.8. The standard InChI is InChI=1S/C14H27N3O2/c1-4-11(5-2)13(18)17-9-7-12(8-10-17)16-14(19)15-6-3/h11-12H,4-10H2,1-3H3,(H2,15,16,19). The van der Waals surface area contributed by atoms with Crippen LogP contribution in [0.4, 0.5) is 4.79 Å². The van der Waals surface area contributed by atoms with Gasteiger partial charge in [-0.1, -0.05) is 13.8 Å². The fourth-order valence-corrected chi connectivity index (χ4v) is 2.54. The molecule has 0 aromatic rings. The maximum atomic E-state index is 12.2. The summed E-state index contributed by atoms with van der Waals surface area (Å²) >= 11 is 0. The van der Waals surface area contributed by atoms with Gasteiger partial charge in [0.05, 0.1) is 0 Å². The van der Waals surface area contributed by atoms with E-state index in [1.807, 2.05) is 11.8 Å². The van der Waals surface area contributed by atoms with Gasteiger partial charge in [-0.05, 0) is 32.6 Å². The van der Waals surface area contributed by atoms with Crippen LogP contribution in [-0.2, 0) is 4.79 Å². The molecule has 1 saturated heterocycles. The van der Waals surface area contributed by atoms with Crippen molar-refractivity contribution in [2.75, 3.05) is 19.6 Å². The lowest BCUT2D eigenvalue weighted by atomic mass is 9.98. The zero-order chi connectivity index (χ0) is 14.3. The molecule has 0 atom stereocenters. The second kappa shape index (κ2) is 8.02. The van der Waals surface area contributed by atoms with Crippen LogP contribution in [0.1, 0.15) is 46.5 Å². The molecule has 0 bridgehead atoms. The lowest BCUT2D eigenvalue weighted by Gasteiger charge is -2.34. The Labute approximate surface area is 116 Å². The van der Waals surface area contributed by atoms with E-state index in [2.05, 4.69) is 24.5 Å². The minimum absolute atomic E-state index is 0.104. The zero-order valence-electron chi connectivity index (χ0n) is 12.4. The van der Waals surface area contributed by atoms with Crippen molar-refractivity contribution in [3.05, 3.63) is 0 Å². The van der Waals surface area contributed by atoms with E-state index in [1.54, 1.807) is 0 Å². The Balaban J connectivity index is 2.36. The Morgan fingerprint density at radius 1 is 1.16 bits per heavy atom. The van der Waals surface area contributed by atoms with Gasteiger partial charge in [-0.25, -0.2) is 4.79 Å². The summed E-state index contributed by atoms with van der Waals surface area (Å²) in [6, 6.07) is 0.0876. The topological polar surface area (TPSA) is 61.4 Å². The number of rotatable bonds is 5. The summed E-state index contributed by atoms with van der Waals surface area (Å²) in [4.78, 5) is 25.6. The second-order valence-electron chi connectivity index (χ2n) is 5.12. The fraction of sp³-hybridized carbons (Fsp3) is 0.857. The molecule has 1 aliphatic heterocycles. The van der Waals surface area contributed by atoms with Crippen molar-refractivity contribution >= 4 is 11.9 Å². The van der Waals surface area contributed by atoms with Gasteiger partial charge < -0.3 is 15.5 Å². The van der Waals surface area contributed by atoms with Gasteiger partial charge >= 0.3 is 6.03 Å². The van der Waals surface area contributed by atoms with Gasteiger partial charge in [-0.3, -0.25) is 4.79 Å². The first-order chi connectivity index (χ1) is 9.12. The Morgan fingerprint density at radius 2 is 1.74 bits per heavy atom. The number of carbonyl (C=O) groups is 2. The third-order valence-electron chi connectivity index (χ3n) is 3.81. The SMILES string of the molecule is CCNC(=O)NC1CCN(C(=O)C(CC)CC)CC1. The summed E-state index contributed by atoms with van der Waals surface area (Å²) in [6.45, 7) is 8.18. The predicted molar refractivity (Wildman–Crippen MR) is 75.9 cm³/mol. The van der Waals surface area contributed by atoms with Crippen molar-refractivity contribution in [1.29, 1.82) is 0 Å². The van der Waals surface area contributed by atoms with E-state index in [-0.39, 0.29) is 23.9 Å². The summed E-state index contributed by atoms with van der Waals surface area (Å²) in [5.74, 6) is 0.439. The van der Waals surface area contributed by atoms with Crippen molar-refractivity contribution in [3.8, 4) is 0 Å². The molecule has 1 fully saturated rings. The number of nitrogens with zero attached hydrogens (tertiary/aromatic N) is 1. The van der Waals surface area contributed by atoms with E-state index >= 15 is 0 Å². The molecule has 0 aromatic heterocycles. The highest BCUT2D eigenvalue weighted by Crippen LogP contribution is 2.17. The molecule has 1 rings (SSSR count). The van der Waals surface area contributed by atoms with E-state index < -0.39 is 0 Å². The van der Waals surface area contributed by atoms with Crippen molar-refractivity contribution in [3.63, 3.8) is 0 Å². The second-order valence-corrected chi connectivity index (χ2v) is 5.12. The lowest BCUT2D eigenvalue weighted by Crippen LogP contribution is -2.50. The molecule has 0 radical (unpaired) electrons. The Bertz CT molecular complexity index is 295. The molecule has 0 aliphatic carbocycles. The fourth-order valence-electron chi connectivity index (χ4n) is 2.54. The molecular weight excluding hydrogens is 242 g/mol. The van der Waals surface area contributed by atoms with Crippen LogP contribution in [0, 0.1) is 5.92 Å². The van der Waals surface area contributed by atoms with Gasteiger partial charge in [0, 0.05) is 31.6 Å². The number of nitrogens with one attached hydrogen (secondary N) is 2. The van der Waals surface area contributed by atoms with Crippen LogP contribution >= 0.6 is 0 Å². The van der Waals surface area contributed by atoms with Crippen LogP contribution in [0.25, 0.3) is 0 Å². The van der Waals surface area contributed by atoms with E-state index in [0.29, 0.717) is 6.54 Å². The molecule has 19 heavy (non-hydrogen) atoms. The summed E-state index contributed by atoms with van der Waals surface area (Å²) < 4.78 is 0. The number of urea groups is 1. The largest absolute Gasteiger partial charge is 0.342 e. The summed E-state index contributed by atoms with van der Waals surface area (Å²) in [7, 11) is 0.